The van der Waals surface area contributed by atoms with E-state index in [4.69, 9.17) is 21.7 Å². The van der Waals surface area contributed by atoms with E-state index >= 15 is 0 Å². The quantitative estimate of drug-likeness (QED) is 0.152. The molecule has 0 bridgehead atoms. The van der Waals surface area contributed by atoms with E-state index in [1.165, 1.54) is 37.5 Å². The maximum absolute atomic E-state index is 13.3. The van der Waals surface area contributed by atoms with Crippen LogP contribution in [0.5, 0.6) is 11.5 Å². The van der Waals surface area contributed by atoms with Crippen LogP contribution >= 0.6 is 57.4 Å². The summed E-state index contributed by atoms with van der Waals surface area (Å²) < 4.78 is 13.4. The topological polar surface area (TPSA) is 105 Å². The van der Waals surface area contributed by atoms with Crippen LogP contribution in [0.25, 0.3) is 6.08 Å². The molecule has 0 spiro atoms. The molecule has 0 atom stereocenters. The van der Waals surface area contributed by atoms with Gasteiger partial charge in [-0.15, -0.1) is 0 Å². The van der Waals surface area contributed by atoms with Crippen LogP contribution in [0.15, 0.2) is 66.2 Å². The molecule has 0 aliphatic carbocycles. The monoisotopic (exact) mass is 740 g/mol. The molecule has 3 aromatic carbocycles. The molecule has 1 aliphatic heterocycles. The van der Waals surface area contributed by atoms with E-state index in [2.05, 4.69) is 50.5 Å². The molecule has 0 saturated carbocycles. The number of amides is 2. The van der Waals surface area contributed by atoms with Gasteiger partial charge < -0.3 is 14.6 Å². The van der Waals surface area contributed by atoms with Crippen molar-refractivity contribution in [1.29, 1.82) is 0 Å². The number of aromatic carboxylic acids is 1. The first-order chi connectivity index (χ1) is 17.7. The molecule has 188 valence electrons. The highest BCUT2D eigenvalue weighted by Gasteiger charge is 2.34. The summed E-state index contributed by atoms with van der Waals surface area (Å²) in [5.74, 6) is -1.51. The number of thiocarbonyl (C=S) groups is 1. The minimum Gasteiger partial charge on any atom is -0.493 e. The highest BCUT2D eigenvalue weighted by Crippen LogP contribution is 2.35. The van der Waals surface area contributed by atoms with Crippen molar-refractivity contribution in [2.24, 2.45) is 0 Å². The van der Waals surface area contributed by atoms with Gasteiger partial charge in [-0.3, -0.25) is 19.8 Å². The molecule has 1 heterocycles. The highest BCUT2D eigenvalue weighted by atomic mass is 127. The van der Waals surface area contributed by atoms with E-state index in [-0.39, 0.29) is 21.9 Å². The van der Waals surface area contributed by atoms with Crippen molar-refractivity contribution in [2.45, 2.75) is 6.61 Å². The SMILES string of the molecule is COc1cc(C=C2C(=O)NC(=S)N(c3cccc(C(=O)O)c3)C2=O)cc(I)c1OCc1ccc(I)cc1. The van der Waals surface area contributed by atoms with Crippen molar-refractivity contribution >= 4 is 92.1 Å². The van der Waals surface area contributed by atoms with E-state index in [9.17, 15) is 19.5 Å². The summed E-state index contributed by atoms with van der Waals surface area (Å²) in [5.41, 5.74) is 1.58. The van der Waals surface area contributed by atoms with E-state index in [1.807, 2.05) is 24.3 Å². The van der Waals surface area contributed by atoms with Crippen LogP contribution in [-0.2, 0) is 16.2 Å². The lowest BCUT2D eigenvalue weighted by Crippen LogP contribution is -2.54. The van der Waals surface area contributed by atoms with Gasteiger partial charge in [0, 0.05) is 3.57 Å². The first kappa shape index (κ1) is 27.0. The second kappa shape index (κ2) is 11.6. The molecule has 2 N–H and O–H groups in total. The maximum Gasteiger partial charge on any atom is 0.335 e. The molecule has 37 heavy (non-hydrogen) atoms. The standard InChI is InChI=1S/C26H18I2N2O6S/c1-35-21-11-15(10-20(28)22(21)36-13-14-5-7-17(27)8-6-14)9-19-23(31)29-26(37)30(24(19)32)18-4-2-3-16(12-18)25(33)34/h2-12H,13H2,1H3,(H,33,34)(H,29,31,37). The number of carbonyl (C=O) groups excluding carboxylic acids is 2. The second-order valence-electron chi connectivity index (χ2n) is 7.76. The Hall–Kier alpha value is -3.04. The Bertz CT molecular complexity index is 1460. The lowest BCUT2D eigenvalue weighted by molar-refractivity contribution is -0.122. The molecular formula is C26H18I2N2O6S. The van der Waals surface area contributed by atoms with E-state index in [0.29, 0.717) is 23.7 Å². The number of hydrogen-bond acceptors (Lipinski definition) is 6. The Balaban J connectivity index is 1.64. The van der Waals surface area contributed by atoms with E-state index in [0.717, 1.165) is 17.6 Å². The Morgan fingerprint density at radius 2 is 1.84 bits per heavy atom. The largest absolute Gasteiger partial charge is 0.493 e. The van der Waals surface area contributed by atoms with Gasteiger partial charge >= 0.3 is 5.97 Å². The number of anilines is 1. The number of methoxy groups -OCH3 is 1. The molecule has 8 nitrogen and oxygen atoms in total. The molecule has 2 amide bonds. The minimum absolute atomic E-state index is 0.0179. The maximum atomic E-state index is 13.3. The smallest absolute Gasteiger partial charge is 0.335 e. The highest BCUT2D eigenvalue weighted by molar-refractivity contribution is 14.1. The zero-order valence-electron chi connectivity index (χ0n) is 19.2. The summed E-state index contributed by atoms with van der Waals surface area (Å²) >= 11 is 9.55. The summed E-state index contributed by atoms with van der Waals surface area (Å²) in [6.45, 7) is 0.340. The second-order valence-corrected chi connectivity index (χ2v) is 10.6. The van der Waals surface area contributed by atoms with Crippen LogP contribution in [0.4, 0.5) is 5.69 Å². The van der Waals surface area contributed by atoms with Gasteiger partial charge in [-0.05, 0) is 117 Å². The van der Waals surface area contributed by atoms with Crippen molar-refractivity contribution < 1.29 is 29.0 Å². The number of benzene rings is 3. The predicted molar refractivity (Wildman–Crippen MR) is 159 cm³/mol. The summed E-state index contributed by atoms with van der Waals surface area (Å²) in [6.07, 6.45) is 1.43. The van der Waals surface area contributed by atoms with Crippen molar-refractivity contribution in [1.82, 2.24) is 5.32 Å². The van der Waals surface area contributed by atoms with Gasteiger partial charge in [0.05, 0.1) is 21.9 Å². The summed E-state index contributed by atoms with van der Waals surface area (Å²) in [5, 5.41) is 11.7. The third kappa shape index (κ3) is 6.10. The number of nitrogens with one attached hydrogen (secondary N) is 1. The number of halogens is 2. The molecule has 0 unspecified atom stereocenters. The van der Waals surface area contributed by atoms with Crippen LogP contribution in [0.1, 0.15) is 21.5 Å². The fourth-order valence-electron chi connectivity index (χ4n) is 3.54. The summed E-state index contributed by atoms with van der Waals surface area (Å²) in [7, 11) is 1.51. The van der Waals surface area contributed by atoms with Crippen molar-refractivity contribution in [3.05, 3.63) is 90.1 Å². The number of hydrogen-bond donors (Lipinski definition) is 2. The number of carbonyl (C=O) groups is 3. The number of nitrogens with zero attached hydrogens (tertiary/aromatic N) is 1. The first-order valence-electron chi connectivity index (χ1n) is 10.7. The van der Waals surface area contributed by atoms with Crippen molar-refractivity contribution in [2.75, 3.05) is 12.0 Å². The van der Waals surface area contributed by atoms with Gasteiger partial charge in [0.15, 0.2) is 16.6 Å². The van der Waals surface area contributed by atoms with Gasteiger partial charge in [0.1, 0.15) is 12.2 Å². The van der Waals surface area contributed by atoms with Gasteiger partial charge in [0.2, 0.25) is 0 Å². The average molecular weight is 740 g/mol. The van der Waals surface area contributed by atoms with Crippen LogP contribution in [0.2, 0.25) is 0 Å². The molecule has 0 aromatic heterocycles. The fourth-order valence-corrected chi connectivity index (χ4v) is 4.96. The number of ether oxygens (including phenoxy) is 2. The summed E-state index contributed by atoms with van der Waals surface area (Å²) in [6, 6.07) is 17.1. The molecule has 11 heteroatoms. The summed E-state index contributed by atoms with van der Waals surface area (Å²) in [4.78, 5) is 38.5. The normalized spacial score (nSPS) is 14.5. The van der Waals surface area contributed by atoms with Crippen LogP contribution in [-0.4, -0.2) is 35.1 Å². The minimum atomic E-state index is -1.15. The van der Waals surface area contributed by atoms with Crippen LogP contribution < -0.4 is 19.7 Å². The predicted octanol–water partition coefficient (Wildman–Crippen LogP) is 5.01. The van der Waals surface area contributed by atoms with E-state index in [1.54, 1.807) is 12.1 Å². The Morgan fingerprint density at radius 1 is 1.11 bits per heavy atom. The zero-order valence-corrected chi connectivity index (χ0v) is 24.3. The Labute approximate surface area is 244 Å². The third-order valence-corrected chi connectivity index (χ3v) is 7.12. The lowest BCUT2D eigenvalue weighted by Gasteiger charge is -2.29. The molecule has 3 aromatic rings. The van der Waals surface area contributed by atoms with Gasteiger partial charge in [-0.1, -0.05) is 18.2 Å². The van der Waals surface area contributed by atoms with Gasteiger partial charge in [-0.2, -0.15) is 0 Å². The van der Waals surface area contributed by atoms with Crippen molar-refractivity contribution in [3.63, 3.8) is 0 Å². The lowest BCUT2D eigenvalue weighted by atomic mass is 10.1. The van der Waals surface area contributed by atoms with E-state index < -0.39 is 17.8 Å². The molecular weight excluding hydrogens is 722 g/mol. The van der Waals surface area contributed by atoms with Gasteiger partial charge in [-0.25, -0.2) is 4.79 Å². The molecule has 1 aliphatic rings. The van der Waals surface area contributed by atoms with Crippen molar-refractivity contribution in [3.8, 4) is 11.5 Å². The molecule has 1 fully saturated rings. The molecule has 1 saturated heterocycles. The molecule has 0 radical (unpaired) electrons. The fraction of sp³-hybridized carbons (Fsp3) is 0.0769. The van der Waals surface area contributed by atoms with Crippen LogP contribution in [0, 0.1) is 7.14 Å². The molecule has 4 rings (SSSR count). The van der Waals surface area contributed by atoms with Crippen LogP contribution in [0.3, 0.4) is 0 Å². The third-order valence-electron chi connectivity index (χ3n) is 5.31. The zero-order chi connectivity index (χ0) is 26.7. The van der Waals surface area contributed by atoms with Gasteiger partial charge in [0.25, 0.3) is 11.8 Å². The Morgan fingerprint density at radius 3 is 2.51 bits per heavy atom. The first-order valence-corrected chi connectivity index (χ1v) is 13.2. The number of carboxylic acids is 1. The average Bonchev–Trinajstić information content (AvgIpc) is 2.86. The number of carboxylic acid groups (broad SMARTS) is 1. The Kier molecular flexibility index (Phi) is 8.44. The number of rotatable bonds is 7.